The number of rotatable bonds is 4. The molecule has 1 unspecified atom stereocenters. The van der Waals surface area contributed by atoms with E-state index >= 15 is 0 Å². The third-order valence-electron chi connectivity index (χ3n) is 2.09. The molecule has 0 aliphatic heterocycles. The van der Waals surface area contributed by atoms with Crippen LogP contribution in [-0.4, -0.2) is 23.4 Å². The third kappa shape index (κ3) is 3.10. The summed E-state index contributed by atoms with van der Waals surface area (Å²) in [5, 5.41) is 11.9. The first-order valence-corrected chi connectivity index (χ1v) is 5.41. The summed E-state index contributed by atoms with van der Waals surface area (Å²) in [5.41, 5.74) is -0.329. The number of alkyl halides is 1. The van der Waals surface area contributed by atoms with E-state index in [9.17, 15) is 14.3 Å². The van der Waals surface area contributed by atoms with Gasteiger partial charge in [0.25, 0.3) is 5.91 Å². The van der Waals surface area contributed by atoms with Crippen LogP contribution in [0.25, 0.3) is 0 Å². The van der Waals surface area contributed by atoms with Gasteiger partial charge in [0.2, 0.25) is 0 Å². The molecule has 1 atom stereocenters. The molecule has 0 fully saturated rings. The minimum atomic E-state index is -0.740. The van der Waals surface area contributed by atoms with E-state index in [-0.39, 0.29) is 17.2 Å². The molecule has 2 N–H and O–H groups in total. The van der Waals surface area contributed by atoms with E-state index in [1.165, 1.54) is 12.1 Å². The molecule has 1 rings (SSSR count). The van der Waals surface area contributed by atoms with Crippen molar-refractivity contribution in [2.24, 2.45) is 5.92 Å². The summed E-state index contributed by atoms with van der Waals surface area (Å²) in [5.74, 6) is -1.23. The Kier molecular flexibility index (Phi) is 4.55. The molecule has 1 amide bonds. The highest BCUT2D eigenvalue weighted by Gasteiger charge is 2.16. The fourth-order valence-corrected chi connectivity index (χ4v) is 1.26. The number of aromatic hydroxyl groups is 1. The van der Waals surface area contributed by atoms with Crippen molar-refractivity contribution in [3.05, 3.63) is 29.6 Å². The van der Waals surface area contributed by atoms with E-state index in [2.05, 4.69) is 5.32 Å². The highest BCUT2D eigenvalue weighted by molar-refractivity contribution is 6.18. The van der Waals surface area contributed by atoms with Crippen LogP contribution in [0.3, 0.4) is 0 Å². The van der Waals surface area contributed by atoms with Crippen LogP contribution in [-0.2, 0) is 0 Å². The molecular formula is C11H13ClFNO2. The first kappa shape index (κ1) is 12.8. The largest absolute Gasteiger partial charge is 0.507 e. The summed E-state index contributed by atoms with van der Waals surface area (Å²) in [6, 6.07) is 3.73. The van der Waals surface area contributed by atoms with Crippen LogP contribution in [0.4, 0.5) is 4.39 Å². The average molecular weight is 246 g/mol. The van der Waals surface area contributed by atoms with Crippen molar-refractivity contribution >= 4 is 17.5 Å². The summed E-state index contributed by atoms with van der Waals surface area (Å²) >= 11 is 5.57. The average Bonchev–Trinajstić information content (AvgIpc) is 2.25. The van der Waals surface area contributed by atoms with Gasteiger partial charge in [-0.1, -0.05) is 13.0 Å². The van der Waals surface area contributed by atoms with Crippen LogP contribution in [0, 0.1) is 11.7 Å². The summed E-state index contributed by atoms with van der Waals surface area (Å²) in [7, 11) is 0. The van der Waals surface area contributed by atoms with E-state index < -0.39 is 11.7 Å². The molecule has 16 heavy (non-hydrogen) atoms. The Balaban J connectivity index is 2.73. The summed E-state index contributed by atoms with van der Waals surface area (Å²) < 4.78 is 13.3. The zero-order chi connectivity index (χ0) is 12.1. The van der Waals surface area contributed by atoms with Crippen molar-refractivity contribution in [2.45, 2.75) is 6.92 Å². The maximum absolute atomic E-state index is 13.3. The van der Waals surface area contributed by atoms with Gasteiger partial charge >= 0.3 is 0 Å². The Bertz CT molecular complexity index is 364. The van der Waals surface area contributed by atoms with Crippen molar-refractivity contribution in [3.63, 3.8) is 0 Å². The Hall–Kier alpha value is -1.29. The molecule has 0 saturated heterocycles. The van der Waals surface area contributed by atoms with Crippen LogP contribution < -0.4 is 5.32 Å². The number of nitrogens with one attached hydrogen (secondary N) is 1. The fraction of sp³-hybridized carbons (Fsp3) is 0.364. The number of hydrogen-bond donors (Lipinski definition) is 2. The Morgan fingerprint density at radius 2 is 2.31 bits per heavy atom. The second kappa shape index (κ2) is 5.70. The van der Waals surface area contributed by atoms with Gasteiger partial charge in [-0.15, -0.1) is 11.6 Å². The smallest absolute Gasteiger partial charge is 0.258 e. The fourth-order valence-electron chi connectivity index (χ4n) is 1.15. The molecular weight excluding hydrogens is 233 g/mol. The summed E-state index contributed by atoms with van der Waals surface area (Å²) in [6.45, 7) is 2.20. The van der Waals surface area contributed by atoms with Crippen LogP contribution in [0.5, 0.6) is 5.75 Å². The summed E-state index contributed by atoms with van der Waals surface area (Å²) in [6.07, 6.45) is 0. The minimum absolute atomic E-state index is 0.0968. The van der Waals surface area contributed by atoms with Crippen LogP contribution in [0.15, 0.2) is 18.2 Å². The molecule has 88 valence electrons. The van der Waals surface area contributed by atoms with Crippen molar-refractivity contribution in [3.8, 4) is 5.75 Å². The molecule has 0 spiro atoms. The Morgan fingerprint density at radius 3 is 2.88 bits per heavy atom. The van der Waals surface area contributed by atoms with Gasteiger partial charge in [-0.25, -0.2) is 4.39 Å². The quantitative estimate of drug-likeness (QED) is 0.799. The molecule has 0 aliphatic carbocycles. The number of amides is 1. The van der Waals surface area contributed by atoms with Crippen LogP contribution in [0.2, 0.25) is 0 Å². The predicted molar refractivity (Wildman–Crippen MR) is 60.3 cm³/mol. The number of halogens is 2. The third-order valence-corrected chi connectivity index (χ3v) is 2.62. The molecule has 5 heteroatoms. The molecule has 1 aromatic rings. The van der Waals surface area contributed by atoms with Gasteiger partial charge in [0.15, 0.2) is 0 Å². The van der Waals surface area contributed by atoms with Crippen molar-refractivity contribution in [1.29, 1.82) is 0 Å². The predicted octanol–water partition coefficient (Wildman–Crippen LogP) is 2.14. The lowest BCUT2D eigenvalue weighted by molar-refractivity contribution is 0.0942. The lowest BCUT2D eigenvalue weighted by Crippen LogP contribution is -2.29. The summed E-state index contributed by atoms with van der Waals surface area (Å²) in [4.78, 5) is 11.6. The minimum Gasteiger partial charge on any atom is -0.507 e. The topological polar surface area (TPSA) is 49.3 Å². The van der Waals surface area contributed by atoms with E-state index in [0.29, 0.717) is 12.4 Å². The first-order valence-electron chi connectivity index (χ1n) is 4.88. The Labute approximate surface area is 98.2 Å². The SMILES string of the molecule is CC(CCl)CNC(=O)c1c(O)cccc1F. The maximum Gasteiger partial charge on any atom is 0.258 e. The number of carbonyl (C=O) groups excluding carboxylic acids is 1. The lowest BCUT2D eigenvalue weighted by atomic mass is 10.1. The second-order valence-electron chi connectivity index (χ2n) is 3.60. The zero-order valence-electron chi connectivity index (χ0n) is 8.84. The molecule has 0 radical (unpaired) electrons. The van der Waals surface area contributed by atoms with Gasteiger partial charge in [0.05, 0.1) is 0 Å². The molecule has 0 saturated carbocycles. The van der Waals surface area contributed by atoms with E-state index in [1.54, 1.807) is 0 Å². The number of phenolic OH excluding ortho intramolecular Hbond substituents is 1. The van der Waals surface area contributed by atoms with Crippen LogP contribution >= 0.6 is 11.6 Å². The normalized spacial score (nSPS) is 12.2. The van der Waals surface area contributed by atoms with Gasteiger partial charge in [-0.3, -0.25) is 4.79 Å². The van der Waals surface area contributed by atoms with E-state index in [0.717, 1.165) is 6.07 Å². The number of carbonyl (C=O) groups is 1. The number of phenols is 1. The van der Waals surface area contributed by atoms with E-state index in [4.69, 9.17) is 11.6 Å². The van der Waals surface area contributed by atoms with Gasteiger partial charge in [0, 0.05) is 12.4 Å². The lowest BCUT2D eigenvalue weighted by Gasteiger charge is -2.10. The van der Waals surface area contributed by atoms with E-state index in [1.807, 2.05) is 6.92 Å². The van der Waals surface area contributed by atoms with Crippen molar-refractivity contribution < 1.29 is 14.3 Å². The number of hydrogen-bond acceptors (Lipinski definition) is 2. The highest BCUT2D eigenvalue weighted by atomic mass is 35.5. The molecule has 0 heterocycles. The number of benzene rings is 1. The van der Waals surface area contributed by atoms with Crippen LogP contribution in [0.1, 0.15) is 17.3 Å². The maximum atomic E-state index is 13.3. The van der Waals surface area contributed by atoms with Gasteiger partial charge < -0.3 is 10.4 Å². The van der Waals surface area contributed by atoms with Gasteiger partial charge in [0.1, 0.15) is 17.1 Å². The second-order valence-corrected chi connectivity index (χ2v) is 3.91. The monoisotopic (exact) mass is 245 g/mol. The van der Waals surface area contributed by atoms with Gasteiger partial charge in [-0.2, -0.15) is 0 Å². The molecule has 0 bridgehead atoms. The zero-order valence-corrected chi connectivity index (χ0v) is 9.59. The van der Waals surface area contributed by atoms with Gasteiger partial charge in [-0.05, 0) is 18.1 Å². The highest BCUT2D eigenvalue weighted by Crippen LogP contribution is 2.19. The molecule has 0 aromatic heterocycles. The van der Waals surface area contributed by atoms with Crippen molar-refractivity contribution in [1.82, 2.24) is 5.32 Å². The molecule has 3 nitrogen and oxygen atoms in total. The standard InChI is InChI=1S/C11H13ClFNO2/c1-7(5-12)6-14-11(16)10-8(13)3-2-4-9(10)15/h2-4,7,15H,5-6H2,1H3,(H,14,16). The molecule has 0 aliphatic rings. The Morgan fingerprint density at radius 1 is 1.62 bits per heavy atom. The first-order chi connectivity index (χ1) is 7.56. The van der Waals surface area contributed by atoms with Crippen molar-refractivity contribution in [2.75, 3.05) is 12.4 Å². The molecule has 1 aromatic carbocycles.